The van der Waals surface area contributed by atoms with Gasteiger partial charge in [-0.1, -0.05) is 111 Å². The van der Waals surface area contributed by atoms with Crippen molar-refractivity contribution in [3.8, 4) is 0 Å². The van der Waals surface area contributed by atoms with Crippen molar-refractivity contribution < 1.29 is 123 Å². The summed E-state index contributed by atoms with van der Waals surface area (Å²) in [5.74, 6) is -7.58. The van der Waals surface area contributed by atoms with E-state index in [0.717, 1.165) is 51.4 Å². The first-order valence-electron chi connectivity index (χ1n) is 27.9. The van der Waals surface area contributed by atoms with Gasteiger partial charge in [0, 0.05) is 52.9 Å². The summed E-state index contributed by atoms with van der Waals surface area (Å²) in [6.45, 7) is 31.4. The van der Waals surface area contributed by atoms with Gasteiger partial charge in [-0.25, -0.2) is 0 Å². The molecule has 448 valence electrons. The van der Waals surface area contributed by atoms with Gasteiger partial charge in [-0.15, -0.1) is 0 Å². The Hall–Kier alpha value is -2.88. The van der Waals surface area contributed by atoms with Crippen molar-refractivity contribution in [1.29, 1.82) is 0 Å². The van der Waals surface area contributed by atoms with Crippen LogP contribution in [0.4, 0.5) is 0 Å². The van der Waals surface area contributed by atoms with Crippen LogP contribution in [0.1, 0.15) is 214 Å². The van der Waals surface area contributed by atoms with Gasteiger partial charge in [-0.2, -0.15) is 0 Å². The topological polar surface area (TPSA) is 303 Å². The molecule has 0 aliphatic heterocycles. The van der Waals surface area contributed by atoms with E-state index in [1.807, 2.05) is 55.4 Å². The van der Waals surface area contributed by atoms with Gasteiger partial charge in [0.25, 0.3) is 0 Å². The Kier molecular flexibility index (Phi) is 51.6. The number of aliphatic carboxylic acids is 4. The van der Waals surface area contributed by atoms with Gasteiger partial charge in [-0.3, -0.25) is 19.2 Å². The van der Waals surface area contributed by atoms with Gasteiger partial charge in [0.15, 0.2) is 23.1 Å². The number of rotatable bonds is 44. The molecular formula is C56H100O20Zr. The molecule has 0 aliphatic carbocycles. The SMILES string of the molecule is CCCOC(OCCC)C(=O)C(CC)(CC)C(=O)[O-].CCCOC(OCCC)C(=O)C(CC)(CC)C(=O)[O-].CCCOC(OCCC)C(=O)C(CC)(CC)C(=O)[O-].CCCOC(OCCC)C(=O)C(CC)(CC)C(=O)[O-].[Zr+4]. The maximum Gasteiger partial charge on any atom is 4.00 e. The maximum atomic E-state index is 12.4. The van der Waals surface area contributed by atoms with Crippen molar-refractivity contribution in [2.45, 2.75) is 239 Å². The van der Waals surface area contributed by atoms with Crippen LogP contribution in [-0.4, -0.2) is 125 Å². The molecular weight excluding hydrogens is 1080 g/mol. The molecule has 77 heavy (non-hydrogen) atoms. The Bertz CT molecular complexity index is 1340. The van der Waals surface area contributed by atoms with Crippen molar-refractivity contribution in [3.63, 3.8) is 0 Å². The van der Waals surface area contributed by atoms with Crippen molar-refractivity contribution in [3.05, 3.63) is 0 Å². The van der Waals surface area contributed by atoms with E-state index in [1.54, 1.807) is 55.4 Å². The van der Waals surface area contributed by atoms with E-state index in [1.165, 1.54) is 0 Å². The molecule has 0 aromatic carbocycles. The number of carboxylic acid groups (broad SMARTS) is 4. The molecule has 0 atom stereocenters. The molecule has 0 bridgehead atoms. The Balaban J connectivity index is -0.000000298. The van der Waals surface area contributed by atoms with Gasteiger partial charge in [-0.05, 0) is 103 Å². The van der Waals surface area contributed by atoms with Gasteiger partial charge >= 0.3 is 26.2 Å². The summed E-state index contributed by atoms with van der Waals surface area (Å²) in [6, 6.07) is 0. The minimum Gasteiger partial charge on any atom is -0.549 e. The van der Waals surface area contributed by atoms with E-state index in [-0.39, 0.29) is 77.6 Å². The number of ketones is 4. The van der Waals surface area contributed by atoms with Gasteiger partial charge in [0.05, 0.1) is 45.5 Å². The van der Waals surface area contributed by atoms with E-state index < -0.39 is 93.8 Å². The predicted molar refractivity (Wildman–Crippen MR) is 277 cm³/mol. The number of carboxylic acids is 4. The average molecular weight is 1180 g/mol. The summed E-state index contributed by atoms with van der Waals surface area (Å²) < 4.78 is 42.8. The van der Waals surface area contributed by atoms with E-state index in [9.17, 15) is 58.8 Å². The first kappa shape index (κ1) is 83.0. The molecule has 0 N–H and O–H groups in total. The van der Waals surface area contributed by atoms with E-state index in [2.05, 4.69) is 0 Å². The molecule has 0 spiro atoms. The molecule has 0 aliphatic rings. The normalized spacial score (nSPS) is 11.7. The second-order valence-corrected chi connectivity index (χ2v) is 18.1. The zero-order valence-corrected chi connectivity index (χ0v) is 52.4. The van der Waals surface area contributed by atoms with Gasteiger partial charge in [0.1, 0.15) is 0 Å². The van der Waals surface area contributed by atoms with Gasteiger partial charge in [0.2, 0.25) is 25.2 Å². The van der Waals surface area contributed by atoms with Crippen LogP contribution in [0.2, 0.25) is 0 Å². The Morgan fingerprint density at radius 2 is 0.364 bits per heavy atom. The molecule has 20 nitrogen and oxygen atoms in total. The Morgan fingerprint density at radius 3 is 0.429 bits per heavy atom. The Labute approximate surface area is 480 Å². The molecule has 0 fully saturated rings. The summed E-state index contributed by atoms with van der Waals surface area (Å²) in [6.07, 6.45) is 2.78. The van der Waals surface area contributed by atoms with Crippen LogP contribution < -0.4 is 20.4 Å². The van der Waals surface area contributed by atoms with Crippen molar-refractivity contribution in [1.82, 2.24) is 0 Å². The predicted octanol–water partition coefficient (Wildman–Crippen LogP) is 5.16. The zero-order chi connectivity index (χ0) is 59.6. The second-order valence-electron chi connectivity index (χ2n) is 18.1. The number of hydrogen-bond donors (Lipinski definition) is 0. The third-order valence-electron chi connectivity index (χ3n) is 12.9. The van der Waals surface area contributed by atoms with E-state index >= 15 is 0 Å². The molecule has 0 saturated carbocycles. The minimum absolute atomic E-state index is 0. The maximum absolute atomic E-state index is 12.4. The molecule has 0 unspecified atom stereocenters. The summed E-state index contributed by atoms with van der Waals surface area (Å²) in [7, 11) is 0. The van der Waals surface area contributed by atoms with Crippen molar-refractivity contribution in [2.24, 2.45) is 21.7 Å². The summed E-state index contributed by atoms with van der Waals surface area (Å²) in [5, 5.41) is 45.3. The van der Waals surface area contributed by atoms with Crippen LogP contribution in [0.3, 0.4) is 0 Å². The summed E-state index contributed by atoms with van der Waals surface area (Å²) in [5.41, 5.74) is -6.09. The average Bonchev–Trinajstić information content (AvgIpc) is 3.40. The molecule has 21 heteroatoms. The van der Waals surface area contributed by atoms with Crippen LogP contribution in [0.25, 0.3) is 0 Å². The third-order valence-corrected chi connectivity index (χ3v) is 12.9. The van der Waals surface area contributed by atoms with Crippen molar-refractivity contribution in [2.75, 3.05) is 52.9 Å². The zero-order valence-electron chi connectivity index (χ0n) is 49.9. The van der Waals surface area contributed by atoms with Crippen LogP contribution >= 0.6 is 0 Å². The van der Waals surface area contributed by atoms with E-state index in [0.29, 0.717) is 52.9 Å². The number of ether oxygens (including phenoxy) is 8. The standard InChI is InChI=1S/4C14H26O5.Zr/c4*1-5-9-18-12(19-10-6-2)11(15)14(7-3,8-4)13(16)17;/h4*12H,5-10H2,1-4H3,(H,16,17);/q;;;;+4/p-4. The molecule has 0 amide bonds. The third kappa shape index (κ3) is 27.0. The smallest absolute Gasteiger partial charge is 0.549 e. The molecule has 0 radical (unpaired) electrons. The molecule has 0 heterocycles. The largest absolute Gasteiger partial charge is 4.00 e. The number of hydrogen-bond acceptors (Lipinski definition) is 20. The first-order chi connectivity index (χ1) is 36.0. The van der Waals surface area contributed by atoms with Crippen LogP contribution in [0.15, 0.2) is 0 Å². The van der Waals surface area contributed by atoms with E-state index in [4.69, 9.17) is 37.9 Å². The summed E-state index contributed by atoms with van der Waals surface area (Å²) >= 11 is 0. The fourth-order valence-corrected chi connectivity index (χ4v) is 7.45. The quantitative estimate of drug-likeness (QED) is 0.0562. The van der Waals surface area contributed by atoms with Crippen LogP contribution in [-0.2, 0) is 102 Å². The summed E-state index contributed by atoms with van der Waals surface area (Å²) in [4.78, 5) is 95.0. The molecule has 0 rings (SSSR count). The molecule has 0 aromatic heterocycles. The number of carbonyl (C=O) groups excluding carboxylic acids is 8. The fourth-order valence-electron chi connectivity index (χ4n) is 7.45. The monoisotopic (exact) mass is 1180 g/mol. The second kappa shape index (κ2) is 47.9. The minimum atomic E-state index is -1.52. The molecule has 0 aromatic rings. The number of carbonyl (C=O) groups is 8. The van der Waals surface area contributed by atoms with Crippen molar-refractivity contribution >= 4 is 47.0 Å². The number of Topliss-reactive ketones (excluding diaryl/α,β-unsaturated/α-hetero) is 4. The fraction of sp³-hybridized carbons (Fsp3) is 0.857. The first-order valence-corrected chi connectivity index (χ1v) is 27.9. The van der Waals surface area contributed by atoms with Crippen LogP contribution in [0.5, 0.6) is 0 Å². The Morgan fingerprint density at radius 1 is 0.260 bits per heavy atom. The van der Waals surface area contributed by atoms with Crippen LogP contribution in [0, 0.1) is 21.7 Å². The van der Waals surface area contributed by atoms with Gasteiger partial charge < -0.3 is 77.5 Å². The molecule has 0 saturated heterocycles.